The van der Waals surface area contributed by atoms with Crippen molar-refractivity contribution in [2.24, 2.45) is 5.73 Å². The van der Waals surface area contributed by atoms with Gasteiger partial charge < -0.3 is 31.1 Å². The number of aliphatic carboxylic acids is 1. The minimum Gasteiger partial charge on any atom is -0.480 e. The summed E-state index contributed by atoms with van der Waals surface area (Å²) in [6, 6.07) is 3.19. The molecule has 0 radical (unpaired) electrons. The van der Waals surface area contributed by atoms with E-state index in [2.05, 4.69) is 20.6 Å². The maximum atomic E-state index is 13.5. The Morgan fingerprint density at radius 1 is 1.39 bits per heavy atom. The number of amides is 2. The van der Waals surface area contributed by atoms with Crippen molar-refractivity contribution in [3.05, 3.63) is 46.7 Å². The molecule has 4 heterocycles. The number of carbonyl (C=O) groups excluding carboxylic acids is 2. The number of thiazole rings is 1. The van der Waals surface area contributed by atoms with Crippen molar-refractivity contribution >= 4 is 50.4 Å². The van der Waals surface area contributed by atoms with Crippen LogP contribution in [0.15, 0.2) is 35.3 Å². The van der Waals surface area contributed by atoms with E-state index in [0.717, 1.165) is 11.8 Å². The molecule has 0 aromatic carbocycles. The number of fused-ring (bicyclic) bond motifs is 1. The molecule has 2 aliphatic heterocycles. The number of anilines is 1. The molecule has 3 atom stereocenters. The van der Waals surface area contributed by atoms with Crippen LogP contribution in [0.1, 0.15) is 18.3 Å². The van der Waals surface area contributed by atoms with Gasteiger partial charge in [-0.1, -0.05) is 6.07 Å². The molecule has 2 aliphatic rings. The van der Waals surface area contributed by atoms with Crippen LogP contribution in [0, 0.1) is 0 Å². The SMILES string of the molecule is C[C@]1(COC(=O)NCc2csc(NCCN)n2)[C@H](C(=O)O)N2C(=O)/C(=C/c3ccccn3)C2S1(=O)=O. The fourth-order valence-corrected chi connectivity index (χ4v) is 7.10. The molecule has 0 aliphatic carbocycles. The van der Waals surface area contributed by atoms with Crippen LogP contribution in [0.2, 0.25) is 0 Å². The van der Waals surface area contributed by atoms with Gasteiger partial charge in [0.15, 0.2) is 26.4 Å². The number of hydrogen-bond donors (Lipinski definition) is 4. The molecule has 36 heavy (non-hydrogen) atoms. The van der Waals surface area contributed by atoms with Crippen molar-refractivity contribution in [3.8, 4) is 0 Å². The van der Waals surface area contributed by atoms with Gasteiger partial charge in [0.1, 0.15) is 11.4 Å². The fraction of sp³-hybridized carbons (Fsp3) is 0.381. The van der Waals surface area contributed by atoms with Gasteiger partial charge in [-0.3, -0.25) is 9.78 Å². The molecule has 4 rings (SSSR count). The Hall–Kier alpha value is -3.56. The van der Waals surface area contributed by atoms with E-state index >= 15 is 0 Å². The standard InChI is InChI=1S/C21H24N6O7S2/c1-21(11-34-20(31)25-9-13-10-35-19(26-13)24-7-5-22)15(18(29)30)27-16(28)14(17(27)36(21,32)33)8-12-4-2-3-6-23-12/h2-4,6,8,10,15,17H,5,7,9,11,22H2,1H3,(H,24,26)(H,25,31)(H,29,30)/b14-8-/t15-,17?,21-/m0/s1. The average molecular weight is 537 g/mol. The number of ether oxygens (including phenoxy) is 1. The van der Waals surface area contributed by atoms with Gasteiger partial charge in [0.25, 0.3) is 5.91 Å². The number of carboxylic acids is 1. The number of carboxylic acid groups (broad SMARTS) is 1. The predicted molar refractivity (Wildman–Crippen MR) is 129 cm³/mol. The van der Waals surface area contributed by atoms with Crippen LogP contribution in [0.25, 0.3) is 6.08 Å². The molecule has 2 aromatic heterocycles. The van der Waals surface area contributed by atoms with Gasteiger partial charge in [-0.2, -0.15) is 0 Å². The van der Waals surface area contributed by atoms with Crippen molar-refractivity contribution in [2.45, 2.75) is 29.6 Å². The number of hydrogen-bond acceptors (Lipinski definition) is 11. The lowest BCUT2D eigenvalue weighted by Crippen LogP contribution is -2.59. The summed E-state index contributed by atoms with van der Waals surface area (Å²) in [6.45, 7) is 1.38. The molecule has 2 saturated heterocycles. The van der Waals surface area contributed by atoms with Crippen molar-refractivity contribution in [2.75, 3.05) is 25.0 Å². The summed E-state index contributed by atoms with van der Waals surface area (Å²) in [6.07, 6.45) is 1.85. The third-order valence-corrected chi connectivity index (χ3v) is 9.46. The number of nitrogens with one attached hydrogen (secondary N) is 2. The van der Waals surface area contributed by atoms with Gasteiger partial charge in [0, 0.05) is 24.7 Å². The number of rotatable bonds is 9. The minimum atomic E-state index is -4.30. The lowest BCUT2D eigenvalue weighted by molar-refractivity contribution is -0.153. The summed E-state index contributed by atoms with van der Waals surface area (Å²) in [5, 5.41) is 16.1. The molecule has 15 heteroatoms. The first-order valence-corrected chi connectivity index (χ1v) is 13.2. The highest BCUT2D eigenvalue weighted by molar-refractivity contribution is 7.94. The summed E-state index contributed by atoms with van der Waals surface area (Å²) >= 11 is 1.32. The van der Waals surface area contributed by atoms with Crippen molar-refractivity contribution in [3.63, 3.8) is 0 Å². The summed E-state index contributed by atoms with van der Waals surface area (Å²) in [5.74, 6) is -2.24. The van der Waals surface area contributed by atoms with Gasteiger partial charge in [0.2, 0.25) is 0 Å². The highest BCUT2D eigenvalue weighted by Gasteiger charge is 2.72. The Morgan fingerprint density at radius 2 is 2.17 bits per heavy atom. The van der Waals surface area contributed by atoms with Crippen LogP contribution in [0.3, 0.4) is 0 Å². The second kappa shape index (κ2) is 9.83. The van der Waals surface area contributed by atoms with Gasteiger partial charge in [0.05, 0.1) is 23.5 Å². The van der Waals surface area contributed by atoms with E-state index in [-0.39, 0.29) is 12.1 Å². The second-order valence-electron chi connectivity index (χ2n) is 8.31. The van der Waals surface area contributed by atoms with E-state index in [1.54, 1.807) is 23.6 Å². The summed E-state index contributed by atoms with van der Waals surface area (Å²) < 4.78 is 30.0. The average Bonchev–Trinajstić information content (AvgIpc) is 3.37. The van der Waals surface area contributed by atoms with Crippen LogP contribution in [0.5, 0.6) is 0 Å². The monoisotopic (exact) mass is 536 g/mol. The number of sulfone groups is 1. The number of nitrogens with zero attached hydrogens (tertiary/aromatic N) is 3. The molecule has 5 N–H and O–H groups in total. The van der Waals surface area contributed by atoms with Crippen LogP contribution in [-0.4, -0.2) is 82.2 Å². The van der Waals surface area contributed by atoms with Crippen LogP contribution < -0.4 is 16.4 Å². The van der Waals surface area contributed by atoms with Crippen molar-refractivity contribution < 1.29 is 32.6 Å². The summed E-state index contributed by atoms with van der Waals surface area (Å²) in [7, 11) is -4.30. The molecule has 192 valence electrons. The normalized spacial score (nSPS) is 25.2. The zero-order valence-electron chi connectivity index (χ0n) is 19.1. The van der Waals surface area contributed by atoms with Crippen molar-refractivity contribution in [1.82, 2.24) is 20.2 Å². The topological polar surface area (TPSA) is 194 Å². The van der Waals surface area contributed by atoms with Gasteiger partial charge in [-0.05, 0) is 25.1 Å². The Morgan fingerprint density at radius 3 is 2.83 bits per heavy atom. The van der Waals surface area contributed by atoms with Crippen LogP contribution in [-0.2, 0) is 30.7 Å². The van der Waals surface area contributed by atoms with Gasteiger partial charge in [-0.15, -0.1) is 11.3 Å². The molecule has 0 bridgehead atoms. The van der Waals surface area contributed by atoms with E-state index in [4.69, 9.17) is 10.5 Å². The third kappa shape index (κ3) is 4.40. The minimum absolute atomic E-state index is 0.00958. The number of carbonyl (C=O) groups is 3. The van der Waals surface area contributed by atoms with Crippen LogP contribution in [0.4, 0.5) is 9.93 Å². The smallest absolute Gasteiger partial charge is 0.407 e. The van der Waals surface area contributed by atoms with Crippen molar-refractivity contribution in [1.29, 1.82) is 0 Å². The Kier molecular flexibility index (Phi) is 6.97. The van der Waals surface area contributed by atoms with Gasteiger partial charge in [-0.25, -0.2) is 23.0 Å². The molecular formula is C21H24N6O7S2. The summed E-state index contributed by atoms with van der Waals surface area (Å²) in [5.41, 5.74) is 6.24. The van der Waals surface area contributed by atoms with E-state index in [0.29, 0.717) is 29.6 Å². The Balaban J connectivity index is 1.47. The molecule has 0 saturated carbocycles. The maximum Gasteiger partial charge on any atom is 0.407 e. The molecule has 2 fully saturated rings. The second-order valence-corrected chi connectivity index (χ2v) is 11.6. The van der Waals surface area contributed by atoms with Gasteiger partial charge >= 0.3 is 12.1 Å². The number of pyridine rings is 1. The van der Waals surface area contributed by atoms with E-state index in [1.807, 2.05) is 0 Å². The predicted octanol–water partition coefficient (Wildman–Crippen LogP) is 0.0271. The van der Waals surface area contributed by atoms with E-state index < -0.39 is 50.6 Å². The first-order chi connectivity index (χ1) is 17.1. The third-order valence-electron chi connectivity index (χ3n) is 5.90. The van der Waals surface area contributed by atoms with E-state index in [1.165, 1.54) is 23.6 Å². The number of β-lactam (4-membered cyclic amide) rings is 1. The highest BCUT2D eigenvalue weighted by Crippen LogP contribution is 2.49. The Labute approximate surface area is 210 Å². The summed E-state index contributed by atoms with van der Waals surface area (Å²) in [4.78, 5) is 46.3. The first kappa shape index (κ1) is 25.5. The van der Waals surface area contributed by atoms with E-state index in [9.17, 15) is 27.9 Å². The molecule has 0 spiro atoms. The molecule has 13 nitrogen and oxygen atoms in total. The molecular weight excluding hydrogens is 512 g/mol. The van der Waals surface area contributed by atoms with Crippen LogP contribution >= 0.6 is 11.3 Å². The maximum absolute atomic E-state index is 13.5. The largest absolute Gasteiger partial charge is 0.480 e. The highest BCUT2D eigenvalue weighted by atomic mass is 32.2. The lowest BCUT2D eigenvalue weighted by Gasteiger charge is -2.37. The first-order valence-electron chi connectivity index (χ1n) is 10.8. The molecule has 2 amide bonds. The number of alkyl carbamates (subject to hydrolysis) is 1. The molecule has 2 aromatic rings. The Bertz CT molecular complexity index is 1310. The zero-order chi connectivity index (χ0) is 26.1. The number of nitrogens with two attached hydrogens (primary N) is 1. The quantitative estimate of drug-likeness (QED) is 0.249. The lowest BCUT2D eigenvalue weighted by atomic mass is 9.94. The molecule has 1 unspecified atom stereocenters. The zero-order valence-corrected chi connectivity index (χ0v) is 20.7. The fourth-order valence-electron chi connectivity index (χ4n) is 4.09. The number of aromatic nitrogens is 2.